The van der Waals surface area contributed by atoms with Crippen molar-refractivity contribution >= 4 is 5.78 Å². The van der Waals surface area contributed by atoms with Gasteiger partial charge in [-0.15, -0.1) is 0 Å². The quantitative estimate of drug-likeness (QED) is 0.764. The molecule has 0 aromatic heterocycles. The number of carbonyl (C=O) groups is 1. The molecule has 0 heterocycles. The van der Waals surface area contributed by atoms with E-state index in [1.165, 1.54) is 0 Å². The van der Waals surface area contributed by atoms with E-state index in [1.807, 2.05) is 62.4 Å². The second-order valence-corrected chi connectivity index (χ2v) is 4.83. The summed E-state index contributed by atoms with van der Waals surface area (Å²) in [6.45, 7) is 3.83. The standard InChI is InChI=1S/C17H18O2/c1-12(2)17(18)15-8-4-6-13(10-15)14-7-5-9-16(11-14)19-3/h4-12H,1-3H3. The zero-order valence-corrected chi connectivity index (χ0v) is 11.5. The van der Waals surface area contributed by atoms with Crippen molar-refractivity contribution in [3.63, 3.8) is 0 Å². The summed E-state index contributed by atoms with van der Waals surface area (Å²) in [6, 6.07) is 15.6. The van der Waals surface area contributed by atoms with Crippen molar-refractivity contribution in [2.45, 2.75) is 13.8 Å². The largest absolute Gasteiger partial charge is 0.497 e. The molecule has 0 atom stereocenters. The van der Waals surface area contributed by atoms with Crippen LogP contribution in [0.2, 0.25) is 0 Å². The summed E-state index contributed by atoms with van der Waals surface area (Å²) in [7, 11) is 1.65. The summed E-state index contributed by atoms with van der Waals surface area (Å²) in [5.74, 6) is 1.00. The Morgan fingerprint density at radius 3 is 2.26 bits per heavy atom. The maximum atomic E-state index is 12.0. The Hall–Kier alpha value is -2.09. The second kappa shape index (κ2) is 5.70. The zero-order valence-electron chi connectivity index (χ0n) is 11.5. The fraction of sp³-hybridized carbons (Fsp3) is 0.235. The molecule has 0 saturated heterocycles. The zero-order chi connectivity index (χ0) is 13.8. The van der Waals surface area contributed by atoms with Gasteiger partial charge in [-0.2, -0.15) is 0 Å². The fourth-order valence-corrected chi connectivity index (χ4v) is 1.99. The van der Waals surface area contributed by atoms with Gasteiger partial charge in [0.2, 0.25) is 0 Å². The predicted octanol–water partition coefficient (Wildman–Crippen LogP) is 4.20. The number of methoxy groups -OCH3 is 1. The molecule has 2 rings (SSSR count). The smallest absolute Gasteiger partial charge is 0.165 e. The van der Waals surface area contributed by atoms with Crippen LogP contribution in [0.1, 0.15) is 24.2 Å². The monoisotopic (exact) mass is 254 g/mol. The Morgan fingerprint density at radius 1 is 1.00 bits per heavy atom. The van der Waals surface area contributed by atoms with E-state index in [4.69, 9.17) is 4.74 Å². The second-order valence-electron chi connectivity index (χ2n) is 4.83. The van der Waals surface area contributed by atoms with Crippen LogP contribution in [0.4, 0.5) is 0 Å². The molecule has 2 nitrogen and oxygen atoms in total. The average molecular weight is 254 g/mol. The molecule has 0 unspecified atom stereocenters. The van der Waals surface area contributed by atoms with E-state index in [9.17, 15) is 4.79 Å². The summed E-state index contributed by atoms with van der Waals surface area (Å²) in [6.07, 6.45) is 0. The van der Waals surface area contributed by atoms with Gasteiger partial charge in [-0.1, -0.05) is 44.2 Å². The Kier molecular flexibility index (Phi) is 4.00. The van der Waals surface area contributed by atoms with Crippen LogP contribution in [-0.2, 0) is 0 Å². The van der Waals surface area contributed by atoms with Crippen LogP contribution in [0.25, 0.3) is 11.1 Å². The SMILES string of the molecule is COc1cccc(-c2cccc(C(=O)C(C)C)c2)c1. The number of hydrogen-bond acceptors (Lipinski definition) is 2. The van der Waals surface area contributed by atoms with Gasteiger partial charge in [-0.25, -0.2) is 0 Å². The molecular formula is C17H18O2. The first kappa shape index (κ1) is 13.3. The maximum Gasteiger partial charge on any atom is 0.165 e. The average Bonchev–Trinajstić information content (AvgIpc) is 2.46. The summed E-state index contributed by atoms with van der Waals surface area (Å²) < 4.78 is 5.23. The van der Waals surface area contributed by atoms with Gasteiger partial charge in [0.05, 0.1) is 7.11 Å². The minimum absolute atomic E-state index is 0.0144. The van der Waals surface area contributed by atoms with E-state index in [1.54, 1.807) is 7.11 Å². The highest BCUT2D eigenvalue weighted by Crippen LogP contribution is 2.25. The van der Waals surface area contributed by atoms with Crippen LogP contribution in [0, 0.1) is 5.92 Å². The topological polar surface area (TPSA) is 26.3 Å². The van der Waals surface area contributed by atoms with Crippen LogP contribution < -0.4 is 4.74 Å². The highest BCUT2D eigenvalue weighted by atomic mass is 16.5. The molecule has 2 aromatic carbocycles. The number of ketones is 1. The third-order valence-electron chi connectivity index (χ3n) is 3.07. The van der Waals surface area contributed by atoms with Gasteiger partial charge in [0.15, 0.2) is 5.78 Å². The van der Waals surface area contributed by atoms with Gasteiger partial charge in [0.25, 0.3) is 0 Å². The lowest BCUT2D eigenvalue weighted by atomic mass is 9.97. The van der Waals surface area contributed by atoms with Gasteiger partial charge in [0.1, 0.15) is 5.75 Å². The lowest BCUT2D eigenvalue weighted by Gasteiger charge is -2.08. The Morgan fingerprint density at radius 2 is 1.63 bits per heavy atom. The van der Waals surface area contributed by atoms with E-state index in [0.29, 0.717) is 0 Å². The van der Waals surface area contributed by atoms with Crippen molar-refractivity contribution in [2.24, 2.45) is 5.92 Å². The van der Waals surface area contributed by atoms with Crippen molar-refractivity contribution in [1.29, 1.82) is 0 Å². The van der Waals surface area contributed by atoms with Gasteiger partial charge >= 0.3 is 0 Å². The highest BCUT2D eigenvalue weighted by molar-refractivity contribution is 5.98. The van der Waals surface area contributed by atoms with Crippen LogP contribution in [0.5, 0.6) is 5.75 Å². The van der Waals surface area contributed by atoms with E-state index in [2.05, 4.69) is 0 Å². The molecule has 0 radical (unpaired) electrons. The van der Waals surface area contributed by atoms with Gasteiger partial charge in [0, 0.05) is 11.5 Å². The van der Waals surface area contributed by atoms with Crippen LogP contribution >= 0.6 is 0 Å². The molecule has 0 saturated carbocycles. The van der Waals surface area contributed by atoms with E-state index in [-0.39, 0.29) is 11.7 Å². The number of ether oxygens (including phenoxy) is 1. The number of Topliss-reactive ketones (excluding diaryl/α,β-unsaturated/α-hetero) is 1. The first-order valence-electron chi connectivity index (χ1n) is 6.40. The predicted molar refractivity (Wildman–Crippen MR) is 77.6 cm³/mol. The molecular weight excluding hydrogens is 236 g/mol. The van der Waals surface area contributed by atoms with Crippen molar-refractivity contribution < 1.29 is 9.53 Å². The highest BCUT2D eigenvalue weighted by Gasteiger charge is 2.11. The molecule has 0 fully saturated rings. The van der Waals surface area contributed by atoms with Gasteiger partial charge in [-0.05, 0) is 29.3 Å². The minimum Gasteiger partial charge on any atom is -0.497 e. The summed E-state index contributed by atoms with van der Waals surface area (Å²) >= 11 is 0. The van der Waals surface area contributed by atoms with Crippen molar-refractivity contribution in [3.05, 3.63) is 54.1 Å². The lowest BCUT2D eigenvalue weighted by Crippen LogP contribution is -2.07. The van der Waals surface area contributed by atoms with Crippen LogP contribution in [-0.4, -0.2) is 12.9 Å². The maximum absolute atomic E-state index is 12.0. The van der Waals surface area contributed by atoms with Gasteiger partial charge in [-0.3, -0.25) is 4.79 Å². The summed E-state index contributed by atoms with van der Waals surface area (Å²) in [5, 5.41) is 0. The lowest BCUT2D eigenvalue weighted by molar-refractivity contribution is 0.0939. The molecule has 0 N–H and O–H groups in total. The summed E-state index contributed by atoms with van der Waals surface area (Å²) in [5.41, 5.74) is 2.85. The Bertz CT molecular complexity index is 585. The number of carbonyl (C=O) groups excluding carboxylic acids is 1. The van der Waals surface area contributed by atoms with Crippen LogP contribution in [0.3, 0.4) is 0 Å². The number of benzene rings is 2. The first-order valence-corrected chi connectivity index (χ1v) is 6.40. The molecule has 0 bridgehead atoms. The Labute approximate surface area is 114 Å². The molecule has 0 aliphatic heterocycles. The first-order chi connectivity index (χ1) is 9.11. The van der Waals surface area contributed by atoms with E-state index < -0.39 is 0 Å². The minimum atomic E-state index is 0.0144. The fourth-order valence-electron chi connectivity index (χ4n) is 1.99. The van der Waals surface area contributed by atoms with Gasteiger partial charge < -0.3 is 4.74 Å². The molecule has 0 amide bonds. The molecule has 0 aliphatic carbocycles. The third-order valence-corrected chi connectivity index (χ3v) is 3.07. The third kappa shape index (κ3) is 3.02. The molecule has 0 aliphatic rings. The van der Waals surface area contributed by atoms with Crippen LogP contribution in [0.15, 0.2) is 48.5 Å². The molecule has 19 heavy (non-hydrogen) atoms. The molecule has 0 spiro atoms. The molecule has 2 heteroatoms. The normalized spacial score (nSPS) is 10.5. The molecule has 2 aromatic rings. The van der Waals surface area contributed by atoms with E-state index in [0.717, 1.165) is 22.4 Å². The number of hydrogen-bond donors (Lipinski definition) is 0. The van der Waals surface area contributed by atoms with Crippen molar-refractivity contribution in [3.8, 4) is 16.9 Å². The Balaban J connectivity index is 2.40. The number of rotatable bonds is 4. The molecule has 98 valence electrons. The van der Waals surface area contributed by atoms with Crippen molar-refractivity contribution in [1.82, 2.24) is 0 Å². The van der Waals surface area contributed by atoms with E-state index >= 15 is 0 Å². The van der Waals surface area contributed by atoms with Crippen molar-refractivity contribution in [2.75, 3.05) is 7.11 Å². The summed E-state index contributed by atoms with van der Waals surface area (Å²) in [4.78, 5) is 12.0.